The maximum atomic E-state index is 13.3. The Morgan fingerprint density at radius 3 is 1.70 bits per heavy atom. The number of amidine groups is 2. The molecule has 0 bridgehead atoms. The zero-order valence-corrected chi connectivity index (χ0v) is 46.3. The molecule has 0 aliphatic carbocycles. The molecule has 0 aliphatic rings. The zero-order chi connectivity index (χ0) is 58.9. The van der Waals surface area contributed by atoms with Gasteiger partial charge in [0.05, 0.1) is 39.1 Å². The van der Waals surface area contributed by atoms with Gasteiger partial charge in [0.25, 0.3) is 5.56 Å². The van der Waals surface area contributed by atoms with Gasteiger partial charge in [0.1, 0.15) is 52.4 Å². The van der Waals surface area contributed by atoms with Crippen molar-refractivity contribution in [3.8, 4) is 34.3 Å². The second-order valence-corrected chi connectivity index (χ2v) is 20.2. The second kappa shape index (κ2) is 27.5. The van der Waals surface area contributed by atoms with Crippen LogP contribution < -0.4 is 46.8 Å². The average Bonchev–Trinajstić information content (AvgIpc) is 3.38. The van der Waals surface area contributed by atoms with Gasteiger partial charge in [-0.15, -0.1) is 0 Å². The molecule has 0 aliphatic heterocycles. The van der Waals surface area contributed by atoms with Gasteiger partial charge < -0.3 is 50.5 Å². The highest BCUT2D eigenvalue weighted by atomic mass is 16.6. The number of carbonyl (C=O) groups is 5. The van der Waals surface area contributed by atoms with Crippen LogP contribution >= 0.6 is 0 Å². The van der Waals surface area contributed by atoms with Crippen molar-refractivity contribution >= 4 is 53.3 Å². The standard InChI is InChI=1S/C32H35N7O5.C26H33N3O7/c1-19(2)37-31-32(43)39(27(17-36-31)23-13-24(33)15-25(40)14-23)18-29(42)35-16-21-4-8-22(9-5-21)30(34)38-28(41)12-20-6-10-26(44-3)11-7-20;1-25(2,3)35-23(31)29(24(32)36-26(4,5)6)16-17-8-10-18(11-9-17)21(27)28-22(30)34-20-14-12-19(33-7)13-15-20/h4-11,13-15,17,19,40H,12,16,18,33H2,1-3H3,(H,35,42)(H,36,37)(H2,34,38,41);8-15H,16H2,1-7H3,(H2,27,28,30). The van der Waals surface area contributed by atoms with Crippen LogP contribution in [0.15, 0.2) is 126 Å². The Hall–Kier alpha value is -9.73. The Labute approximate surface area is 463 Å². The molecule has 9 N–H and O–H groups in total. The van der Waals surface area contributed by atoms with E-state index in [4.69, 9.17) is 40.2 Å². The number of benzene rings is 5. The number of amides is 5. The van der Waals surface area contributed by atoms with Crippen LogP contribution in [0.5, 0.6) is 23.0 Å². The SMILES string of the molecule is COc1ccc(CC(=O)NC(=N)c2ccc(CNC(=O)Cn3c(-c4cc(N)cc(O)c4)cnc(NC(C)C)c3=O)cc2)cc1.COc1ccc(OC(=O)NC(=N)c2ccc(CN(C(=O)OC(C)(C)C)C(=O)OC(C)(C)C)cc2)cc1. The lowest BCUT2D eigenvalue weighted by Gasteiger charge is -2.28. The Morgan fingerprint density at radius 2 is 1.19 bits per heavy atom. The lowest BCUT2D eigenvalue weighted by molar-refractivity contribution is -0.122. The quantitative estimate of drug-likeness (QED) is 0.0256. The van der Waals surface area contributed by atoms with Crippen LogP contribution in [0.25, 0.3) is 11.3 Å². The molecule has 422 valence electrons. The molecule has 0 spiro atoms. The van der Waals surface area contributed by atoms with E-state index in [9.17, 15) is 33.9 Å². The number of imide groups is 1. The topological polar surface area (TPSA) is 312 Å². The number of methoxy groups -OCH3 is 2. The molecular formula is C58H68N10O12. The van der Waals surface area contributed by atoms with E-state index in [0.717, 1.165) is 16.0 Å². The first kappa shape index (κ1) is 61.1. The van der Waals surface area contributed by atoms with Crippen molar-refractivity contribution in [1.29, 1.82) is 10.8 Å². The van der Waals surface area contributed by atoms with Crippen molar-refractivity contribution in [2.45, 2.75) is 98.7 Å². The van der Waals surface area contributed by atoms with Crippen LogP contribution in [0.2, 0.25) is 0 Å². The summed E-state index contributed by atoms with van der Waals surface area (Å²) in [7, 11) is 3.10. The van der Waals surface area contributed by atoms with Crippen molar-refractivity contribution in [3.05, 3.63) is 160 Å². The van der Waals surface area contributed by atoms with E-state index >= 15 is 0 Å². The Kier molecular flexibility index (Phi) is 21.0. The number of phenolic OH excluding ortho intramolecular Hbond substituents is 1. The number of aromatic nitrogens is 2. The summed E-state index contributed by atoms with van der Waals surface area (Å²) in [6, 6.07) is 31.1. The lowest BCUT2D eigenvalue weighted by Crippen LogP contribution is -2.43. The monoisotopic (exact) mass is 1100 g/mol. The first-order valence-corrected chi connectivity index (χ1v) is 25.1. The summed E-state index contributed by atoms with van der Waals surface area (Å²) in [5, 5.41) is 37.2. The normalized spacial score (nSPS) is 10.9. The summed E-state index contributed by atoms with van der Waals surface area (Å²) in [5.74, 6) is 0.654. The predicted molar refractivity (Wildman–Crippen MR) is 302 cm³/mol. The summed E-state index contributed by atoms with van der Waals surface area (Å²) in [5.41, 5.74) is 7.87. The lowest BCUT2D eigenvalue weighted by atomic mass is 10.1. The third-order valence-electron chi connectivity index (χ3n) is 10.8. The smallest absolute Gasteiger partial charge is 0.420 e. The largest absolute Gasteiger partial charge is 0.508 e. The molecule has 80 heavy (non-hydrogen) atoms. The van der Waals surface area contributed by atoms with Gasteiger partial charge in [-0.2, -0.15) is 0 Å². The zero-order valence-electron chi connectivity index (χ0n) is 46.3. The number of carbonyl (C=O) groups excluding carboxylic acids is 5. The molecule has 0 atom stereocenters. The number of hydrogen-bond acceptors (Lipinski definition) is 17. The minimum absolute atomic E-state index is 0.0397. The van der Waals surface area contributed by atoms with Gasteiger partial charge in [-0.25, -0.2) is 24.3 Å². The first-order valence-electron chi connectivity index (χ1n) is 25.1. The highest BCUT2D eigenvalue weighted by molar-refractivity contribution is 6.07. The second-order valence-electron chi connectivity index (χ2n) is 20.2. The molecular weight excluding hydrogens is 1030 g/mol. The number of nitrogen functional groups attached to an aromatic ring is 1. The van der Waals surface area contributed by atoms with Gasteiger partial charge in [-0.05, 0) is 121 Å². The van der Waals surface area contributed by atoms with Gasteiger partial charge >= 0.3 is 18.3 Å². The number of anilines is 2. The highest BCUT2D eigenvalue weighted by Crippen LogP contribution is 2.27. The predicted octanol–water partition coefficient (Wildman–Crippen LogP) is 8.51. The molecule has 0 radical (unpaired) electrons. The van der Waals surface area contributed by atoms with Crippen molar-refractivity contribution in [2.75, 3.05) is 25.3 Å². The molecule has 1 aromatic heterocycles. The number of nitrogens with zero attached hydrogens (tertiary/aromatic N) is 3. The van der Waals surface area contributed by atoms with Gasteiger partial charge in [0, 0.05) is 41.0 Å². The molecule has 0 fully saturated rings. The van der Waals surface area contributed by atoms with E-state index in [0.29, 0.717) is 50.9 Å². The number of aromatic hydroxyl groups is 1. The van der Waals surface area contributed by atoms with Gasteiger partial charge in [0.2, 0.25) is 11.8 Å². The van der Waals surface area contributed by atoms with E-state index in [2.05, 4.69) is 26.3 Å². The van der Waals surface area contributed by atoms with Crippen LogP contribution in [0, 0.1) is 10.8 Å². The molecule has 6 aromatic rings. The molecule has 6 rings (SSSR count). The Bertz CT molecular complexity index is 3170. The fourth-order valence-electron chi connectivity index (χ4n) is 7.15. The number of ether oxygens (including phenoxy) is 5. The van der Waals surface area contributed by atoms with Gasteiger partial charge in [-0.3, -0.25) is 35.1 Å². The van der Waals surface area contributed by atoms with Gasteiger partial charge in [0.15, 0.2) is 5.82 Å². The third kappa shape index (κ3) is 19.4. The summed E-state index contributed by atoms with van der Waals surface area (Å²) in [6.07, 6.45) is -0.924. The number of hydrogen-bond donors (Lipinski definition) is 8. The maximum Gasteiger partial charge on any atom is 0.420 e. The van der Waals surface area contributed by atoms with Crippen molar-refractivity contribution < 1.29 is 52.8 Å². The fourth-order valence-corrected chi connectivity index (χ4v) is 7.15. The molecule has 0 saturated carbocycles. The van der Waals surface area contributed by atoms with E-state index in [1.807, 2.05) is 13.8 Å². The third-order valence-corrected chi connectivity index (χ3v) is 10.8. The average molecular weight is 1100 g/mol. The number of nitrogens with one attached hydrogen (secondary N) is 6. The molecule has 5 amide bonds. The highest BCUT2D eigenvalue weighted by Gasteiger charge is 2.31. The van der Waals surface area contributed by atoms with E-state index in [-0.39, 0.29) is 61.2 Å². The minimum Gasteiger partial charge on any atom is -0.508 e. The van der Waals surface area contributed by atoms with Crippen molar-refractivity contribution in [1.82, 2.24) is 30.4 Å². The molecule has 22 nitrogen and oxygen atoms in total. The summed E-state index contributed by atoms with van der Waals surface area (Å²) < 4.78 is 27.3. The summed E-state index contributed by atoms with van der Waals surface area (Å²) >= 11 is 0. The minimum atomic E-state index is -0.837. The van der Waals surface area contributed by atoms with Crippen LogP contribution in [-0.4, -0.2) is 92.8 Å². The number of rotatable bonds is 16. The first-order chi connectivity index (χ1) is 37.7. The summed E-state index contributed by atoms with van der Waals surface area (Å²) in [4.78, 5) is 81.3. The molecule has 22 heteroatoms. The van der Waals surface area contributed by atoms with E-state index in [1.54, 1.807) is 152 Å². The van der Waals surface area contributed by atoms with Crippen LogP contribution in [0.1, 0.15) is 83.2 Å². The van der Waals surface area contributed by atoms with Crippen molar-refractivity contribution in [2.24, 2.45) is 0 Å². The number of nitrogens with two attached hydrogens (primary N) is 1. The van der Waals surface area contributed by atoms with Crippen LogP contribution in [-0.2, 0) is 45.1 Å². The van der Waals surface area contributed by atoms with Crippen LogP contribution in [0.4, 0.5) is 25.9 Å². The maximum absolute atomic E-state index is 13.3. The Balaban J connectivity index is 0.000000301. The molecule has 1 heterocycles. The van der Waals surface area contributed by atoms with Crippen LogP contribution in [0.3, 0.4) is 0 Å². The Morgan fingerprint density at radius 1 is 0.688 bits per heavy atom. The fraction of sp³-hybridized carbons (Fsp3) is 0.293. The van der Waals surface area contributed by atoms with Crippen molar-refractivity contribution in [3.63, 3.8) is 0 Å². The molecule has 5 aromatic carbocycles. The van der Waals surface area contributed by atoms with E-state index in [1.165, 1.54) is 30.0 Å². The number of phenols is 1. The summed E-state index contributed by atoms with van der Waals surface area (Å²) in [6.45, 7) is 13.7. The van der Waals surface area contributed by atoms with E-state index < -0.39 is 40.9 Å². The van der Waals surface area contributed by atoms with Gasteiger partial charge in [-0.1, -0.05) is 60.7 Å². The molecule has 0 unspecified atom stereocenters. The molecule has 0 saturated heterocycles.